The molecule has 4 rings (SSSR count). The van der Waals surface area contributed by atoms with Gasteiger partial charge in [-0.3, -0.25) is 9.59 Å². The van der Waals surface area contributed by atoms with Gasteiger partial charge in [-0.05, 0) is 36.1 Å². The van der Waals surface area contributed by atoms with Gasteiger partial charge < -0.3 is 10.2 Å². The minimum Gasteiger partial charge on any atom is -0.352 e. The van der Waals surface area contributed by atoms with Crippen molar-refractivity contribution in [2.45, 2.75) is 57.2 Å². The van der Waals surface area contributed by atoms with E-state index >= 15 is 0 Å². The van der Waals surface area contributed by atoms with E-state index in [2.05, 4.69) is 5.32 Å². The minimum atomic E-state index is -0.864. The molecule has 1 N–H and O–H groups in total. The topological polar surface area (TPSA) is 49.4 Å². The van der Waals surface area contributed by atoms with Crippen LogP contribution in [0.2, 0.25) is 0 Å². The Bertz CT molecular complexity index is 1150. The molecule has 3 aromatic carbocycles. The van der Waals surface area contributed by atoms with Crippen molar-refractivity contribution >= 4 is 11.8 Å². The summed E-state index contributed by atoms with van der Waals surface area (Å²) < 4.78 is 29.0. The van der Waals surface area contributed by atoms with Gasteiger partial charge in [0, 0.05) is 24.6 Å². The van der Waals surface area contributed by atoms with Crippen molar-refractivity contribution in [3.63, 3.8) is 0 Å². The molecule has 2 amide bonds. The third-order valence-electron chi connectivity index (χ3n) is 6.57. The molecule has 4 nitrogen and oxygen atoms in total. The van der Waals surface area contributed by atoms with Crippen molar-refractivity contribution in [1.29, 1.82) is 0 Å². The molecule has 1 saturated carbocycles. The Hall–Kier alpha value is -3.54. The molecule has 1 aliphatic carbocycles. The molecule has 182 valence electrons. The number of benzene rings is 3. The maximum absolute atomic E-state index is 14.6. The van der Waals surface area contributed by atoms with E-state index in [4.69, 9.17) is 0 Å². The lowest BCUT2D eigenvalue weighted by atomic mass is 10.0. The fourth-order valence-electron chi connectivity index (χ4n) is 4.64. The molecule has 3 aromatic rings. The summed E-state index contributed by atoms with van der Waals surface area (Å²) >= 11 is 0. The Labute approximate surface area is 205 Å². The van der Waals surface area contributed by atoms with E-state index in [9.17, 15) is 18.4 Å². The third kappa shape index (κ3) is 6.53. The van der Waals surface area contributed by atoms with Crippen LogP contribution in [0.25, 0.3) is 0 Å². The van der Waals surface area contributed by atoms with Crippen LogP contribution >= 0.6 is 0 Å². The molecule has 0 bridgehead atoms. The number of carbonyl (C=O) groups excluding carboxylic acids is 2. The number of nitrogens with zero attached hydrogens (tertiary/aromatic N) is 1. The van der Waals surface area contributed by atoms with Gasteiger partial charge in [0.25, 0.3) is 0 Å². The van der Waals surface area contributed by atoms with E-state index in [1.807, 2.05) is 30.3 Å². The molecule has 0 aromatic heterocycles. The Morgan fingerprint density at radius 1 is 0.829 bits per heavy atom. The minimum absolute atomic E-state index is 0.0674. The zero-order chi connectivity index (χ0) is 24.6. The molecule has 1 atom stereocenters. The highest BCUT2D eigenvalue weighted by Gasteiger charge is 2.32. The highest BCUT2D eigenvalue weighted by Crippen LogP contribution is 2.21. The van der Waals surface area contributed by atoms with E-state index in [-0.39, 0.29) is 36.9 Å². The highest BCUT2D eigenvalue weighted by atomic mass is 19.1. The van der Waals surface area contributed by atoms with Crippen LogP contribution in [-0.2, 0) is 29.0 Å². The van der Waals surface area contributed by atoms with E-state index in [0.717, 1.165) is 31.2 Å². The van der Waals surface area contributed by atoms with Gasteiger partial charge in [-0.1, -0.05) is 79.6 Å². The Balaban J connectivity index is 1.68. The van der Waals surface area contributed by atoms with Gasteiger partial charge in [-0.25, -0.2) is 8.78 Å². The number of halogens is 2. The zero-order valence-electron chi connectivity index (χ0n) is 19.6. The van der Waals surface area contributed by atoms with Crippen LogP contribution in [0.1, 0.15) is 42.4 Å². The number of hydrogen-bond acceptors (Lipinski definition) is 2. The van der Waals surface area contributed by atoms with E-state index in [1.54, 1.807) is 36.4 Å². The summed E-state index contributed by atoms with van der Waals surface area (Å²) in [4.78, 5) is 28.6. The summed E-state index contributed by atoms with van der Waals surface area (Å²) in [6, 6.07) is 21.0. The molecule has 6 heteroatoms. The number of hydrogen-bond donors (Lipinski definition) is 1. The predicted molar refractivity (Wildman–Crippen MR) is 131 cm³/mol. The summed E-state index contributed by atoms with van der Waals surface area (Å²) in [5.74, 6) is -1.63. The molecule has 0 aliphatic heterocycles. The van der Waals surface area contributed by atoms with Crippen LogP contribution in [0.3, 0.4) is 0 Å². The van der Waals surface area contributed by atoms with Crippen molar-refractivity contribution in [2.75, 3.05) is 0 Å². The van der Waals surface area contributed by atoms with Crippen molar-refractivity contribution in [3.8, 4) is 0 Å². The van der Waals surface area contributed by atoms with Gasteiger partial charge in [0.05, 0.1) is 6.42 Å². The average Bonchev–Trinajstić information content (AvgIpc) is 3.37. The summed E-state index contributed by atoms with van der Waals surface area (Å²) in [7, 11) is 0. The smallest absolute Gasteiger partial charge is 0.243 e. The maximum atomic E-state index is 14.6. The summed E-state index contributed by atoms with van der Waals surface area (Å²) in [5, 5.41) is 3.11. The van der Waals surface area contributed by atoms with Crippen LogP contribution in [-0.4, -0.2) is 28.8 Å². The first-order valence-corrected chi connectivity index (χ1v) is 12.1. The Morgan fingerprint density at radius 3 is 2.03 bits per heavy atom. The van der Waals surface area contributed by atoms with Gasteiger partial charge in [0.2, 0.25) is 11.8 Å². The monoisotopic (exact) mass is 476 g/mol. The lowest BCUT2D eigenvalue weighted by Crippen LogP contribution is -2.52. The van der Waals surface area contributed by atoms with E-state index in [0.29, 0.717) is 5.56 Å². The molecule has 0 saturated heterocycles. The molecule has 0 heterocycles. The first kappa shape index (κ1) is 24.6. The molecule has 0 radical (unpaired) electrons. The Kier molecular flexibility index (Phi) is 8.24. The van der Waals surface area contributed by atoms with Crippen LogP contribution in [0.5, 0.6) is 0 Å². The molecular formula is C29H30F2N2O2. The Morgan fingerprint density at radius 2 is 1.40 bits per heavy atom. The second kappa shape index (κ2) is 11.7. The van der Waals surface area contributed by atoms with E-state index < -0.39 is 23.6 Å². The van der Waals surface area contributed by atoms with Crippen LogP contribution in [0.15, 0.2) is 78.9 Å². The van der Waals surface area contributed by atoms with Gasteiger partial charge in [0.15, 0.2) is 0 Å². The summed E-state index contributed by atoms with van der Waals surface area (Å²) in [6.07, 6.45) is 3.97. The average molecular weight is 477 g/mol. The van der Waals surface area contributed by atoms with Crippen LogP contribution < -0.4 is 5.32 Å². The zero-order valence-corrected chi connectivity index (χ0v) is 19.6. The lowest BCUT2D eigenvalue weighted by molar-refractivity contribution is -0.141. The first-order chi connectivity index (χ1) is 17.0. The summed E-state index contributed by atoms with van der Waals surface area (Å²) in [6.45, 7) is -0.0878. The highest BCUT2D eigenvalue weighted by molar-refractivity contribution is 5.89. The second-order valence-electron chi connectivity index (χ2n) is 9.08. The van der Waals surface area contributed by atoms with Gasteiger partial charge in [-0.15, -0.1) is 0 Å². The fraction of sp³-hybridized carbons (Fsp3) is 0.310. The fourth-order valence-corrected chi connectivity index (χ4v) is 4.64. The molecule has 35 heavy (non-hydrogen) atoms. The number of rotatable bonds is 9. The molecule has 1 aliphatic rings. The van der Waals surface area contributed by atoms with Crippen LogP contribution in [0, 0.1) is 11.6 Å². The molecule has 0 spiro atoms. The predicted octanol–water partition coefficient (Wildman–Crippen LogP) is 5.21. The number of nitrogens with one attached hydrogen (secondary N) is 1. The van der Waals surface area contributed by atoms with Crippen molar-refractivity contribution in [1.82, 2.24) is 10.2 Å². The molecule has 1 fully saturated rings. The quantitative estimate of drug-likeness (QED) is 0.461. The van der Waals surface area contributed by atoms with Crippen LogP contribution in [0.4, 0.5) is 8.78 Å². The van der Waals surface area contributed by atoms with Gasteiger partial charge in [-0.2, -0.15) is 0 Å². The van der Waals surface area contributed by atoms with Crippen molar-refractivity contribution in [2.24, 2.45) is 0 Å². The van der Waals surface area contributed by atoms with Crippen molar-refractivity contribution in [3.05, 3.63) is 107 Å². The standard InChI is InChI=1S/C29H30F2N2O2/c30-25-16-8-4-12-22(25)19-28(34)33(20-23-13-5-9-17-26(23)31)27(18-21-10-2-1-3-11-21)29(35)32-24-14-6-7-15-24/h1-5,8-13,16-17,24,27H,6-7,14-15,18-20H2,(H,32,35)/t27-/m1/s1. The maximum Gasteiger partial charge on any atom is 0.243 e. The normalized spacial score (nSPS) is 14.5. The second-order valence-corrected chi connectivity index (χ2v) is 9.08. The number of amides is 2. The third-order valence-corrected chi connectivity index (χ3v) is 6.57. The lowest BCUT2D eigenvalue weighted by Gasteiger charge is -2.32. The molecular weight excluding hydrogens is 446 g/mol. The van der Waals surface area contributed by atoms with Gasteiger partial charge in [0.1, 0.15) is 17.7 Å². The number of carbonyl (C=O) groups is 2. The van der Waals surface area contributed by atoms with Gasteiger partial charge >= 0.3 is 0 Å². The van der Waals surface area contributed by atoms with E-state index in [1.165, 1.54) is 17.0 Å². The SMILES string of the molecule is O=C(NC1CCCC1)[C@@H](Cc1ccccc1)N(Cc1ccccc1F)C(=O)Cc1ccccc1F. The summed E-state index contributed by atoms with van der Waals surface area (Å²) in [5.41, 5.74) is 1.43. The largest absolute Gasteiger partial charge is 0.352 e. The molecule has 0 unspecified atom stereocenters. The van der Waals surface area contributed by atoms with Crippen molar-refractivity contribution < 1.29 is 18.4 Å². The first-order valence-electron chi connectivity index (χ1n) is 12.1.